The van der Waals surface area contributed by atoms with Crippen molar-refractivity contribution in [1.82, 2.24) is 14.6 Å². The lowest BCUT2D eigenvalue weighted by Crippen LogP contribution is -2.06. The lowest BCUT2D eigenvalue weighted by Gasteiger charge is -2.03. The van der Waals surface area contributed by atoms with Crippen LogP contribution in [0.15, 0.2) is 36.9 Å². The molecule has 0 unspecified atom stereocenters. The third-order valence-electron chi connectivity index (χ3n) is 1.62. The molecule has 4 nitrogen and oxygen atoms in total. The molecule has 0 aromatic carbocycles. The van der Waals surface area contributed by atoms with Gasteiger partial charge in [-0.2, -0.15) is 0 Å². The van der Waals surface area contributed by atoms with E-state index in [2.05, 4.69) is 15.4 Å². The quantitative estimate of drug-likeness (QED) is 0.749. The summed E-state index contributed by atoms with van der Waals surface area (Å²) in [7, 11) is 0. The highest BCUT2D eigenvalue weighted by Gasteiger charge is 1.93. The fraction of sp³-hybridized carbons (Fsp3) is 0.111. The number of nitrogens with zero attached hydrogens (tertiary/aromatic N) is 3. The highest BCUT2D eigenvalue weighted by molar-refractivity contribution is 5.32. The van der Waals surface area contributed by atoms with Crippen LogP contribution < -0.4 is 5.43 Å². The van der Waals surface area contributed by atoms with Crippen LogP contribution in [0.5, 0.6) is 0 Å². The first-order valence-electron chi connectivity index (χ1n) is 4.03. The van der Waals surface area contributed by atoms with Gasteiger partial charge in [-0.1, -0.05) is 6.07 Å². The summed E-state index contributed by atoms with van der Waals surface area (Å²) in [5.41, 5.74) is 4.04. The van der Waals surface area contributed by atoms with Gasteiger partial charge in [-0.05, 0) is 19.1 Å². The number of imidazole rings is 1. The first-order valence-corrected chi connectivity index (χ1v) is 4.03. The second-order valence-corrected chi connectivity index (χ2v) is 2.75. The van der Waals surface area contributed by atoms with Gasteiger partial charge >= 0.3 is 0 Å². The summed E-state index contributed by atoms with van der Waals surface area (Å²) in [4.78, 5) is 8.21. The Hall–Kier alpha value is -1.84. The predicted octanol–water partition coefficient (Wildman–Crippen LogP) is 1.46. The van der Waals surface area contributed by atoms with Crippen molar-refractivity contribution in [3.8, 4) is 0 Å². The van der Waals surface area contributed by atoms with Gasteiger partial charge in [0.2, 0.25) is 0 Å². The van der Waals surface area contributed by atoms with Gasteiger partial charge in [0.05, 0.1) is 5.69 Å². The van der Waals surface area contributed by atoms with E-state index >= 15 is 0 Å². The second-order valence-electron chi connectivity index (χ2n) is 2.75. The Kier molecular flexibility index (Phi) is 1.96. The van der Waals surface area contributed by atoms with E-state index < -0.39 is 0 Å². The molecule has 0 atom stereocenters. The Morgan fingerprint density at radius 1 is 1.31 bits per heavy atom. The van der Waals surface area contributed by atoms with Crippen LogP contribution in [0.25, 0.3) is 0 Å². The topological polar surface area (TPSA) is 42.7 Å². The molecule has 2 aromatic heterocycles. The molecule has 2 rings (SSSR count). The van der Waals surface area contributed by atoms with E-state index in [1.54, 1.807) is 17.2 Å². The van der Waals surface area contributed by atoms with Crippen molar-refractivity contribution in [2.75, 3.05) is 5.43 Å². The average molecular weight is 174 g/mol. The van der Waals surface area contributed by atoms with Crippen LogP contribution in [0, 0.1) is 6.92 Å². The second kappa shape index (κ2) is 3.26. The molecule has 0 bridgehead atoms. The van der Waals surface area contributed by atoms with Crippen LogP contribution in [0.4, 0.5) is 5.82 Å². The average Bonchev–Trinajstić information content (AvgIpc) is 2.53. The van der Waals surface area contributed by atoms with Crippen LogP contribution in [-0.2, 0) is 0 Å². The van der Waals surface area contributed by atoms with Crippen LogP contribution in [0.1, 0.15) is 5.69 Å². The van der Waals surface area contributed by atoms with E-state index in [4.69, 9.17) is 0 Å². The number of aromatic nitrogens is 3. The summed E-state index contributed by atoms with van der Waals surface area (Å²) in [6, 6.07) is 5.71. The molecule has 66 valence electrons. The number of hydrogen-bond acceptors (Lipinski definition) is 3. The Bertz CT molecular complexity index is 380. The van der Waals surface area contributed by atoms with Crippen LogP contribution in [0.2, 0.25) is 0 Å². The van der Waals surface area contributed by atoms with E-state index in [1.807, 2.05) is 31.3 Å². The normalized spacial score (nSPS) is 9.92. The maximum Gasteiger partial charge on any atom is 0.144 e. The number of pyridine rings is 1. The van der Waals surface area contributed by atoms with Crippen LogP contribution >= 0.6 is 0 Å². The Labute approximate surface area is 76.2 Å². The van der Waals surface area contributed by atoms with E-state index in [1.165, 1.54) is 0 Å². The molecule has 4 heteroatoms. The van der Waals surface area contributed by atoms with Gasteiger partial charge in [-0.25, -0.2) is 14.6 Å². The summed E-state index contributed by atoms with van der Waals surface area (Å²) >= 11 is 0. The molecule has 1 N–H and O–H groups in total. The zero-order valence-corrected chi connectivity index (χ0v) is 7.31. The van der Waals surface area contributed by atoms with Crippen molar-refractivity contribution in [2.45, 2.75) is 6.92 Å². The van der Waals surface area contributed by atoms with Crippen molar-refractivity contribution in [1.29, 1.82) is 0 Å². The smallest absolute Gasteiger partial charge is 0.144 e. The molecular weight excluding hydrogens is 164 g/mol. The van der Waals surface area contributed by atoms with Gasteiger partial charge in [0.1, 0.15) is 12.1 Å². The lowest BCUT2D eigenvalue weighted by molar-refractivity contribution is 0.938. The highest BCUT2D eigenvalue weighted by atomic mass is 15.4. The Morgan fingerprint density at radius 2 is 2.23 bits per heavy atom. The van der Waals surface area contributed by atoms with Gasteiger partial charge in [-0.3, -0.25) is 5.43 Å². The standard InChI is InChI=1S/C9H10N4/c1-8-6-13(7-11-8)12-9-4-2-3-5-10-9/h2-7H,1H3,(H,10,12). The molecule has 2 aromatic rings. The Morgan fingerprint density at radius 3 is 2.85 bits per heavy atom. The van der Waals surface area contributed by atoms with Crippen LogP contribution in [-0.4, -0.2) is 14.6 Å². The number of nitrogens with one attached hydrogen (secondary N) is 1. The number of anilines is 1. The highest BCUT2D eigenvalue weighted by Crippen LogP contribution is 2.01. The maximum absolute atomic E-state index is 4.12. The molecule has 13 heavy (non-hydrogen) atoms. The SMILES string of the molecule is Cc1cn(Nc2ccccn2)cn1. The predicted molar refractivity (Wildman–Crippen MR) is 50.2 cm³/mol. The number of aryl methyl sites for hydroxylation is 1. The molecule has 0 aliphatic carbocycles. The first-order chi connectivity index (χ1) is 6.34. The molecule has 0 aliphatic rings. The van der Waals surface area contributed by atoms with E-state index in [0.717, 1.165) is 11.5 Å². The molecular formula is C9H10N4. The summed E-state index contributed by atoms with van der Waals surface area (Å²) in [6.07, 6.45) is 5.35. The fourth-order valence-corrected chi connectivity index (χ4v) is 1.04. The summed E-state index contributed by atoms with van der Waals surface area (Å²) in [5, 5.41) is 0. The zero-order valence-electron chi connectivity index (χ0n) is 7.31. The van der Waals surface area contributed by atoms with Crippen molar-refractivity contribution in [3.63, 3.8) is 0 Å². The maximum atomic E-state index is 4.12. The summed E-state index contributed by atoms with van der Waals surface area (Å²) in [6.45, 7) is 1.94. The number of hydrogen-bond donors (Lipinski definition) is 1. The third-order valence-corrected chi connectivity index (χ3v) is 1.62. The third kappa shape index (κ3) is 1.84. The molecule has 0 aliphatic heterocycles. The minimum absolute atomic E-state index is 0.805. The van der Waals surface area contributed by atoms with Gasteiger partial charge in [0, 0.05) is 12.4 Å². The molecule has 0 amide bonds. The molecule has 0 radical (unpaired) electrons. The molecule has 0 fully saturated rings. The minimum atomic E-state index is 0.805. The van der Waals surface area contributed by atoms with Crippen molar-refractivity contribution < 1.29 is 0 Å². The lowest BCUT2D eigenvalue weighted by atomic mass is 10.5. The largest absolute Gasteiger partial charge is 0.277 e. The molecule has 2 heterocycles. The molecule has 0 spiro atoms. The minimum Gasteiger partial charge on any atom is -0.277 e. The van der Waals surface area contributed by atoms with Crippen molar-refractivity contribution >= 4 is 5.82 Å². The first kappa shape index (κ1) is 7.79. The van der Waals surface area contributed by atoms with E-state index in [-0.39, 0.29) is 0 Å². The molecule has 0 saturated carbocycles. The van der Waals surface area contributed by atoms with Gasteiger partial charge < -0.3 is 0 Å². The summed E-state index contributed by atoms with van der Waals surface area (Å²) < 4.78 is 1.78. The monoisotopic (exact) mass is 174 g/mol. The van der Waals surface area contributed by atoms with E-state index in [9.17, 15) is 0 Å². The fourth-order valence-electron chi connectivity index (χ4n) is 1.04. The van der Waals surface area contributed by atoms with E-state index in [0.29, 0.717) is 0 Å². The van der Waals surface area contributed by atoms with Gasteiger partial charge in [0.25, 0.3) is 0 Å². The summed E-state index contributed by atoms with van der Waals surface area (Å²) in [5.74, 6) is 0.805. The van der Waals surface area contributed by atoms with Crippen LogP contribution in [0.3, 0.4) is 0 Å². The Balaban J connectivity index is 2.15. The van der Waals surface area contributed by atoms with Gasteiger partial charge in [0.15, 0.2) is 0 Å². The van der Waals surface area contributed by atoms with Crippen molar-refractivity contribution in [3.05, 3.63) is 42.6 Å². The molecule has 0 saturated heterocycles. The zero-order chi connectivity index (χ0) is 9.10. The van der Waals surface area contributed by atoms with Crippen molar-refractivity contribution in [2.24, 2.45) is 0 Å². The van der Waals surface area contributed by atoms with Gasteiger partial charge in [-0.15, -0.1) is 0 Å². The number of rotatable bonds is 2.